The fraction of sp³-hybridized carbons (Fsp3) is 0.154. The maximum absolute atomic E-state index is 12.7. The highest BCUT2D eigenvalue weighted by Crippen LogP contribution is 2.30. The number of Topliss-reactive ketones (excluding diaryl/α,β-unsaturated/α-hetero) is 1. The van der Waals surface area contributed by atoms with Crippen LogP contribution in [0.15, 0.2) is 71.8 Å². The quantitative estimate of drug-likeness (QED) is 0.627. The third kappa shape index (κ3) is 5.16. The van der Waals surface area contributed by atoms with Gasteiger partial charge in [0.1, 0.15) is 11.7 Å². The van der Waals surface area contributed by atoms with Gasteiger partial charge in [0.25, 0.3) is 0 Å². The number of carbonyl (C=O) groups excluding carboxylic acids is 2. The van der Waals surface area contributed by atoms with Crippen LogP contribution in [0.4, 0.5) is 0 Å². The average molecular weight is 432 g/mol. The van der Waals surface area contributed by atoms with Crippen LogP contribution in [0, 0.1) is 5.92 Å². The predicted octanol–water partition coefficient (Wildman–Crippen LogP) is 4.48. The SMILES string of the molecule is COc1cc(/C=C/C2=CC(=O)C(C(C)=O)C(/C=C/c3ccc(O)c(OC)c3)=C2)ccc1O. The molecule has 6 heteroatoms. The third-order valence-electron chi connectivity index (χ3n) is 5.01. The lowest BCUT2D eigenvalue weighted by Gasteiger charge is -2.17. The zero-order valence-corrected chi connectivity index (χ0v) is 18.0. The lowest BCUT2D eigenvalue weighted by Crippen LogP contribution is -2.24. The summed E-state index contributed by atoms with van der Waals surface area (Å²) >= 11 is 0. The first kappa shape index (κ1) is 22.6. The van der Waals surface area contributed by atoms with Gasteiger partial charge in [-0.25, -0.2) is 0 Å². The smallest absolute Gasteiger partial charge is 0.171 e. The molecule has 0 saturated carbocycles. The van der Waals surface area contributed by atoms with E-state index in [1.54, 1.807) is 54.6 Å². The first-order valence-electron chi connectivity index (χ1n) is 9.90. The van der Waals surface area contributed by atoms with E-state index in [4.69, 9.17) is 9.47 Å². The van der Waals surface area contributed by atoms with Crippen molar-refractivity contribution >= 4 is 23.7 Å². The summed E-state index contributed by atoms with van der Waals surface area (Å²) in [6.45, 7) is 1.39. The van der Waals surface area contributed by atoms with E-state index in [9.17, 15) is 19.8 Å². The van der Waals surface area contributed by atoms with Crippen molar-refractivity contribution in [2.45, 2.75) is 6.92 Å². The number of phenols is 2. The van der Waals surface area contributed by atoms with E-state index in [0.29, 0.717) is 22.6 Å². The molecule has 1 aliphatic carbocycles. The fourth-order valence-electron chi connectivity index (χ4n) is 3.39. The van der Waals surface area contributed by atoms with Gasteiger partial charge in [0.05, 0.1) is 14.2 Å². The molecule has 0 aliphatic heterocycles. The lowest BCUT2D eigenvalue weighted by molar-refractivity contribution is -0.127. The van der Waals surface area contributed by atoms with Crippen molar-refractivity contribution < 1.29 is 29.3 Å². The van der Waals surface area contributed by atoms with Crippen molar-refractivity contribution in [3.8, 4) is 23.0 Å². The van der Waals surface area contributed by atoms with Crippen LogP contribution in [0.1, 0.15) is 18.1 Å². The van der Waals surface area contributed by atoms with Crippen molar-refractivity contribution in [1.82, 2.24) is 0 Å². The van der Waals surface area contributed by atoms with Gasteiger partial charge < -0.3 is 19.7 Å². The molecule has 1 aliphatic rings. The summed E-state index contributed by atoms with van der Waals surface area (Å²) in [6, 6.07) is 9.81. The summed E-state index contributed by atoms with van der Waals surface area (Å²) in [7, 11) is 2.93. The largest absolute Gasteiger partial charge is 0.504 e. The topological polar surface area (TPSA) is 93.1 Å². The van der Waals surface area contributed by atoms with Crippen molar-refractivity contribution in [3.63, 3.8) is 0 Å². The van der Waals surface area contributed by atoms with E-state index in [1.165, 1.54) is 39.4 Å². The summed E-state index contributed by atoms with van der Waals surface area (Å²) < 4.78 is 10.2. The second-order valence-corrected chi connectivity index (χ2v) is 7.26. The molecule has 164 valence electrons. The molecular weight excluding hydrogens is 408 g/mol. The van der Waals surface area contributed by atoms with Gasteiger partial charge in [-0.1, -0.05) is 42.5 Å². The monoisotopic (exact) mass is 432 g/mol. The van der Waals surface area contributed by atoms with Gasteiger partial charge in [0.15, 0.2) is 28.8 Å². The first-order valence-corrected chi connectivity index (χ1v) is 9.90. The van der Waals surface area contributed by atoms with E-state index in [-0.39, 0.29) is 23.1 Å². The van der Waals surface area contributed by atoms with Gasteiger partial charge in [-0.05, 0) is 59.5 Å². The molecular formula is C26H24O6. The van der Waals surface area contributed by atoms with E-state index >= 15 is 0 Å². The Hall–Kier alpha value is -4.06. The van der Waals surface area contributed by atoms with E-state index < -0.39 is 5.92 Å². The van der Waals surface area contributed by atoms with E-state index in [0.717, 1.165) is 11.1 Å². The number of carbonyl (C=O) groups is 2. The van der Waals surface area contributed by atoms with Crippen molar-refractivity contribution in [2.75, 3.05) is 14.2 Å². The average Bonchev–Trinajstić information content (AvgIpc) is 2.77. The molecule has 0 amide bonds. The number of ether oxygens (including phenoxy) is 2. The number of hydrogen-bond donors (Lipinski definition) is 2. The molecule has 0 bridgehead atoms. The number of hydrogen-bond acceptors (Lipinski definition) is 6. The second-order valence-electron chi connectivity index (χ2n) is 7.26. The van der Waals surface area contributed by atoms with Gasteiger partial charge in [0, 0.05) is 0 Å². The van der Waals surface area contributed by atoms with Crippen LogP contribution in [0.25, 0.3) is 12.2 Å². The first-order chi connectivity index (χ1) is 15.3. The number of ketones is 2. The summed E-state index contributed by atoms with van der Waals surface area (Å²) in [6.07, 6.45) is 10.3. The zero-order chi connectivity index (χ0) is 23.3. The van der Waals surface area contributed by atoms with Crippen molar-refractivity contribution in [3.05, 3.63) is 83.0 Å². The molecule has 1 unspecified atom stereocenters. The van der Waals surface area contributed by atoms with Gasteiger partial charge in [-0.15, -0.1) is 0 Å². The molecule has 0 heterocycles. The van der Waals surface area contributed by atoms with Gasteiger partial charge in [0.2, 0.25) is 0 Å². The van der Waals surface area contributed by atoms with Crippen LogP contribution in [0.2, 0.25) is 0 Å². The molecule has 0 spiro atoms. The van der Waals surface area contributed by atoms with Crippen LogP contribution in [0.3, 0.4) is 0 Å². The van der Waals surface area contributed by atoms with Gasteiger partial charge >= 0.3 is 0 Å². The fourth-order valence-corrected chi connectivity index (χ4v) is 3.39. The molecule has 0 fully saturated rings. The Morgan fingerprint density at radius 1 is 0.844 bits per heavy atom. The van der Waals surface area contributed by atoms with Crippen LogP contribution >= 0.6 is 0 Å². The molecule has 0 radical (unpaired) electrons. The predicted molar refractivity (Wildman–Crippen MR) is 123 cm³/mol. The molecule has 0 saturated heterocycles. The van der Waals surface area contributed by atoms with Crippen molar-refractivity contribution in [2.24, 2.45) is 5.92 Å². The Balaban J connectivity index is 1.91. The Labute approximate surface area is 186 Å². The summed E-state index contributed by atoms with van der Waals surface area (Å²) in [5.41, 5.74) is 2.74. The molecule has 1 atom stereocenters. The number of allylic oxidation sites excluding steroid dienone is 6. The van der Waals surface area contributed by atoms with Gasteiger partial charge in [-0.3, -0.25) is 9.59 Å². The minimum absolute atomic E-state index is 0.0274. The number of methoxy groups -OCH3 is 2. The van der Waals surface area contributed by atoms with E-state index in [2.05, 4.69) is 0 Å². The second kappa shape index (κ2) is 9.83. The Kier molecular flexibility index (Phi) is 6.95. The molecule has 0 aromatic heterocycles. The van der Waals surface area contributed by atoms with Gasteiger partial charge in [-0.2, -0.15) is 0 Å². The molecule has 2 N–H and O–H groups in total. The summed E-state index contributed by atoms with van der Waals surface area (Å²) in [5, 5.41) is 19.5. The highest BCUT2D eigenvalue weighted by atomic mass is 16.5. The Bertz CT molecular complexity index is 1170. The van der Waals surface area contributed by atoms with Crippen LogP contribution in [-0.2, 0) is 9.59 Å². The molecule has 32 heavy (non-hydrogen) atoms. The molecule has 2 aromatic carbocycles. The third-order valence-corrected chi connectivity index (χ3v) is 5.01. The Morgan fingerprint density at radius 2 is 1.38 bits per heavy atom. The number of phenolic OH excluding ortho intramolecular Hbond substituents is 2. The normalized spacial score (nSPS) is 16.2. The maximum Gasteiger partial charge on any atom is 0.171 e. The van der Waals surface area contributed by atoms with Crippen LogP contribution < -0.4 is 9.47 Å². The minimum atomic E-state index is -0.865. The standard InChI is InChI=1S/C26H24O6/c1-16(27)26-20(9-6-18-8-11-22(29)25(15-18)32-3)12-19(13-23(26)30)5-4-17-7-10-21(28)24(14-17)31-2/h4-15,26,28-29H,1-3H3/b5-4+,9-6+. The summed E-state index contributed by atoms with van der Waals surface area (Å²) in [5.74, 6) is -0.643. The highest BCUT2D eigenvalue weighted by Gasteiger charge is 2.27. The number of benzene rings is 2. The number of rotatable bonds is 7. The Morgan fingerprint density at radius 3 is 1.88 bits per heavy atom. The number of aromatic hydroxyl groups is 2. The van der Waals surface area contributed by atoms with Crippen molar-refractivity contribution in [1.29, 1.82) is 0 Å². The molecule has 6 nitrogen and oxygen atoms in total. The molecule has 2 aromatic rings. The van der Waals surface area contributed by atoms with Crippen LogP contribution in [-0.4, -0.2) is 36.0 Å². The maximum atomic E-state index is 12.7. The summed E-state index contributed by atoms with van der Waals surface area (Å²) in [4.78, 5) is 24.8. The zero-order valence-electron chi connectivity index (χ0n) is 18.0. The lowest BCUT2D eigenvalue weighted by atomic mass is 9.84. The minimum Gasteiger partial charge on any atom is -0.504 e. The van der Waals surface area contributed by atoms with Crippen LogP contribution in [0.5, 0.6) is 23.0 Å². The molecule has 3 rings (SSSR count). The van der Waals surface area contributed by atoms with E-state index in [1.807, 2.05) is 0 Å². The highest BCUT2D eigenvalue weighted by molar-refractivity contribution is 6.11.